The van der Waals surface area contributed by atoms with E-state index in [9.17, 15) is 22.8 Å². The van der Waals surface area contributed by atoms with Gasteiger partial charge in [-0.15, -0.1) is 0 Å². The Labute approximate surface area is 155 Å². The van der Waals surface area contributed by atoms with E-state index in [2.05, 4.69) is 10.6 Å². The molecule has 0 aromatic heterocycles. The molecule has 2 heterocycles. The molecule has 3 rings (SSSR count). The molecule has 2 saturated heterocycles. The molecule has 1 aromatic rings. The van der Waals surface area contributed by atoms with Crippen molar-refractivity contribution in [2.24, 2.45) is 0 Å². The summed E-state index contributed by atoms with van der Waals surface area (Å²) in [6.07, 6.45) is -0.474. The summed E-state index contributed by atoms with van der Waals surface area (Å²) in [4.78, 5) is 28.2. The highest BCUT2D eigenvalue weighted by atomic mass is 19.3. The topological polar surface area (TPSA) is 64.7 Å². The Hall–Kier alpha value is -2.13. The van der Waals surface area contributed by atoms with E-state index >= 15 is 0 Å². The smallest absolute Gasteiger partial charge is 0.262 e. The van der Waals surface area contributed by atoms with Crippen LogP contribution >= 0.6 is 0 Å². The summed E-state index contributed by atoms with van der Waals surface area (Å²) < 4.78 is 39.8. The normalized spacial score (nSPS) is 23.9. The predicted octanol–water partition coefficient (Wildman–Crippen LogP) is 1.29. The highest BCUT2D eigenvalue weighted by molar-refractivity contribution is 5.94. The molecular formula is C18H23F3N4O2. The lowest BCUT2D eigenvalue weighted by Gasteiger charge is -2.38. The van der Waals surface area contributed by atoms with E-state index in [1.54, 1.807) is 17.9 Å². The summed E-state index contributed by atoms with van der Waals surface area (Å²) in [5.74, 6) is -3.86. The van der Waals surface area contributed by atoms with Gasteiger partial charge in [0.1, 0.15) is 5.82 Å². The number of hydrogen-bond donors (Lipinski definition) is 2. The summed E-state index contributed by atoms with van der Waals surface area (Å²) in [6.45, 7) is 2.95. The van der Waals surface area contributed by atoms with Crippen molar-refractivity contribution < 1.29 is 22.8 Å². The molecule has 27 heavy (non-hydrogen) atoms. The Morgan fingerprint density at radius 3 is 2.56 bits per heavy atom. The van der Waals surface area contributed by atoms with E-state index in [1.165, 1.54) is 18.2 Å². The van der Waals surface area contributed by atoms with E-state index in [0.29, 0.717) is 31.9 Å². The first kappa shape index (κ1) is 19.6. The van der Waals surface area contributed by atoms with Gasteiger partial charge < -0.3 is 10.2 Å². The van der Waals surface area contributed by atoms with Gasteiger partial charge in [-0.25, -0.2) is 13.2 Å². The maximum atomic E-state index is 13.3. The van der Waals surface area contributed by atoms with E-state index in [4.69, 9.17) is 0 Å². The summed E-state index contributed by atoms with van der Waals surface area (Å²) in [5.41, 5.74) is 0.383. The zero-order valence-electron chi connectivity index (χ0n) is 15.1. The third-order valence-corrected chi connectivity index (χ3v) is 5.05. The number of amides is 2. The minimum absolute atomic E-state index is 0.266. The number of nitrogens with zero attached hydrogens (tertiary/aromatic N) is 2. The summed E-state index contributed by atoms with van der Waals surface area (Å²) >= 11 is 0. The van der Waals surface area contributed by atoms with E-state index in [-0.39, 0.29) is 11.8 Å². The summed E-state index contributed by atoms with van der Waals surface area (Å²) in [6, 6.07) is 4.35. The van der Waals surface area contributed by atoms with Crippen LogP contribution in [0.15, 0.2) is 24.3 Å². The minimum atomic E-state index is -2.84. The van der Waals surface area contributed by atoms with Crippen LogP contribution in [0.4, 0.5) is 18.9 Å². The number of carbonyl (C=O) groups is 2. The van der Waals surface area contributed by atoms with Crippen molar-refractivity contribution in [2.45, 2.75) is 31.4 Å². The van der Waals surface area contributed by atoms with Gasteiger partial charge in [-0.3, -0.25) is 19.8 Å². The second-order valence-electron chi connectivity index (χ2n) is 7.03. The number of hydrogen-bond acceptors (Lipinski definition) is 4. The van der Waals surface area contributed by atoms with Crippen molar-refractivity contribution in [3.8, 4) is 0 Å². The monoisotopic (exact) mass is 384 g/mol. The van der Waals surface area contributed by atoms with Crippen LogP contribution < -0.4 is 10.6 Å². The highest BCUT2D eigenvalue weighted by Gasteiger charge is 2.44. The maximum absolute atomic E-state index is 13.3. The van der Waals surface area contributed by atoms with Gasteiger partial charge in [0.2, 0.25) is 11.8 Å². The molecule has 2 atom stereocenters. The third kappa shape index (κ3) is 4.78. The van der Waals surface area contributed by atoms with Crippen molar-refractivity contribution in [3.63, 3.8) is 0 Å². The Balaban J connectivity index is 1.49. The number of carbonyl (C=O) groups excluding carboxylic acids is 2. The maximum Gasteiger partial charge on any atom is 0.262 e. The number of alkyl halides is 2. The van der Waals surface area contributed by atoms with Gasteiger partial charge in [-0.05, 0) is 25.1 Å². The molecule has 6 nitrogen and oxygen atoms in total. The first-order valence-corrected chi connectivity index (χ1v) is 8.96. The van der Waals surface area contributed by atoms with E-state index < -0.39 is 36.8 Å². The van der Waals surface area contributed by atoms with Gasteiger partial charge in [0.05, 0.1) is 18.6 Å². The predicted molar refractivity (Wildman–Crippen MR) is 94.0 cm³/mol. The number of halogens is 3. The zero-order chi connectivity index (χ0) is 19.6. The number of rotatable bonds is 4. The molecule has 148 valence electrons. The second kappa shape index (κ2) is 7.85. The van der Waals surface area contributed by atoms with Crippen molar-refractivity contribution in [2.75, 3.05) is 38.0 Å². The second-order valence-corrected chi connectivity index (χ2v) is 7.03. The average molecular weight is 384 g/mol. The molecule has 2 fully saturated rings. The standard InChI is InChI=1S/C18H23F3N4O2/c1-12(16(26)23-14-4-2-3-13(19)9-14)24-5-7-25(8-6-24)17(27)15-10-18(20,21)11-22-15/h2-4,9,12,15,22H,5-8,10-11H2,1H3,(H,23,26). The number of piperazine rings is 1. The molecule has 9 heteroatoms. The number of nitrogens with one attached hydrogen (secondary N) is 2. The molecule has 0 radical (unpaired) electrons. The molecule has 2 aliphatic rings. The van der Waals surface area contributed by atoms with E-state index in [0.717, 1.165) is 0 Å². The fraction of sp³-hybridized carbons (Fsp3) is 0.556. The largest absolute Gasteiger partial charge is 0.339 e. The van der Waals surface area contributed by atoms with Crippen LogP contribution in [0.5, 0.6) is 0 Å². The van der Waals surface area contributed by atoms with Crippen LogP contribution in [0.1, 0.15) is 13.3 Å². The molecule has 0 bridgehead atoms. The number of anilines is 1. The zero-order valence-corrected chi connectivity index (χ0v) is 15.1. The molecule has 2 unspecified atom stereocenters. The quantitative estimate of drug-likeness (QED) is 0.821. The molecular weight excluding hydrogens is 361 g/mol. The fourth-order valence-electron chi connectivity index (χ4n) is 3.42. The summed E-state index contributed by atoms with van der Waals surface area (Å²) in [7, 11) is 0. The van der Waals surface area contributed by atoms with E-state index in [1.807, 2.05) is 4.90 Å². The third-order valence-electron chi connectivity index (χ3n) is 5.05. The Kier molecular flexibility index (Phi) is 5.71. The van der Waals surface area contributed by atoms with Crippen LogP contribution in [0.25, 0.3) is 0 Å². The first-order valence-electron chi connectivity index (χ1n) is 8.96. The first-order chi connectivity index (χ1) is 12.7. The molecule has 1 aromatic carbocycles. The van der Waals surface area contributed by atoms with Gasteiger partial charge in [0.15, 0.2) is 0 Å². The molecule has 2 aliphatic heterocycles. The molecule has 2 N–H and O–H groups in total. The lowest BCUT2D eigenvalue weighted by atomic mass is 10.1. The van der Waals surface area contributed by atoms with Gasteiger partial charge in [0.25, 0.3) is 5.92 Å². The molecule has 0 spiro atoms. The Morgan fingerprint density at radius 1 is 1.26 bits per heavy atom. The average Bonchev–Trinajstić information content (AvgIpc) is 3.00. The summed E-state index contributed by atoms with van der Waals surface area (Å²) in [5, 5.41) is 5.25. The molecule has 0 saturated carbocycles. The molecule has 2 amide bonds. The SMILES string of the molecule is CC(C(=O)Nc1cccc(F)c1)N1CCN(C(=O)C2CC(F)(F)CN2)CC1. The lowest BCUT2D eigenvalue weighted by molar-refractivity contribution is -0.136. The minimum Gasteiger partial charge on any atom is -0.339 e. The van der Waals surface area contributed by atoms with Crippen LogP contribution in [-0.2, 0) is 9.59 Å². The van der Waals surface area contributed by atoms with Crippen LogP contribution in [0.2, 0.25) is 0 Å². The van der Waals surface area contributed by atoms with Crippen LogP contribution in [0.3, 0.4) is 0 Å². The van der Waals surface area contributed by atoms with Crippen LogP contribution in [-0.4, -0.2) is 72.3 Å². The Bertz CT molecular complexity index is 708. The van der Waals surface area contributed by atoms with Crippen LogP contribution in [0, 0.1) is 5.82 Å². The van der Waals surface area contributed by atoms with Crippen molar-refractivity contribution in [3.05, 3.63) is 30.1 Å². The van der Waals surface area contributed by atoms with Crippen molar-refractivity contribution >= 4 is 17.5 Å². The van der Waals surface area contributed by atoms with Crippen molar-refractivity contribution in [1.82, 2.24) is 15.1 Å². The fourth-order valence-corrected chi connectivity index (χ4v) is 3.42. The van der Waals surface area contributed by atoms with Gasteiger partial charge in [0, 0.05) is 38.3 Å². The van der Waals surface area contributed by atoms with Gasteiger partial charge in [-0.2, -0.15) is 0 Å². The number of benzene rings is 1. The highest BCUT2D eigenvalue weighted by Crippen LogP contribution is 2.26. The van der Waals surface area contributed by atoms with Gasteiger partial charge >= 0.3 is 0 Å². The van der Waals surface area contributed by atoms with Gasteiger partial charge in [-0.1, -0.05) is 6.07 Å². The molecule has 0 aliphatic carbocycles. The van der Waals surface area contributed by atoms with Crippen molar-refractivity contribution in [1.29, 1.82) is 0 Å². The Morgan fingerprint density at radius 2 is 1.96 bits per heavy atom. The lowest BCUT2D eigenvalue weighted by Crippen LogP contribution is -2.56.